The van der Waals surface area contributed by atoms with Gasteiger partial charge in [-0.1, -0.05) is 27.2 Å². The third-order valence-electron chi connectivity index (χ3n) is 1.40. The highest BCUT2D eigenvalue weighted by atomic mass is 16.6. The molecule has 0 atom stereocenters. The predicted molar refractivity (Wildman–Crippen MR) is 38.8 cm³/mol. The second kappa shape index (κ2) is 3.85. The SMILES string of the molecule is CCCC(C)(C)CON. The zero-order valence-electron chi connectivity index (χ0n) is 6.61. The summed E-state index contributed by atoms with van der Waals surface area (Å²) >= 11 is 0. The van der Waals surface area contributed by atoms with E-state index in [0.29, 0.717) is 6.61 Å². The largest absolute Gasteiger partial charge is 0.304 e. The Morgan fingerprint density at radius 1 is 1.44 bits per heavy atom. The lowest BCUT2D eigenvalue weighted by Crippen LogP contribution is -2.21. The number of hydrogen-bond acceptors (Lipinski definition) is 2. The molecule has 0 aliphatic rings. The maximum absolute atomic E-state index is 4.94. The molecule has 0 aromatic heterocycles. The molecular formula is C7H17NO. The van der Waals surface area contributed by atoms with Crippen molar-refractivity contribution in [3.63, 3.8) is 0 Å². The molecule has 0 unspecified atom stereocenters. The molecule has 0 aromatic carbocycles. The van der Waals surface area contributed by atoms with Crippen LogP contribution in [-0.4, -0.2) is 6.61 Å². The monoisotopic (exact) mass is 131 g/mol. The van der Waals surface area contributed by atoms with E-state index in [-0.39, 0.29) is 5.41 Å². The van der Waals surface area contributed by atoms with Gasteiger partial charge in [0.15, 0.2) is 0 Å². The van der Waals surface area contributed by atoms with E-state index in [1.807, 2.05) is 0 Å². The van der Waals surface area contributed by atoms with Gasteiger partial charge in [0.1, 0.15) is 0 Å². The van der Waals surface area contributed by atoms with E-state index >= 15 is 0 Å². The van der Waals surface area contributed by atoms with Crippen LogP contribution in [0.4, 0.5) is 0 Å². The van der Waals surface area contributed by atoms with E-state index < -0.39 is 0 Å². The number of rotatable bonds is 4. The Labute approximate surface area is 57.3 Å². The molecule has 56 valence electrons. The van der Waals surface area contributed by atoms with Crippen LogP contribution in [0.15, 0.2) is 0 Å². The Morgan fingerprint density at radius 2 is 2.00 bits per heavy atom. The fourth-order valence-electron chi connectivity index (χ4n) is 0.975. The quantitative estimate of drug-likeness (QED) is 0.589. The van der Waals surface area contributed by atoms with Gasteiger partial charge in [0.2, 0.25) is 0 Å². The van der Waals surface area contributed by atoms with Crippen molar-refractivity contribution in [1.82, 2.24) is 0 Å². The molecule has 0 amide bonds. The van der Waals surface area contributed by atoms with Gasteiger partial charge in [0.05, 0.1) is 6.61 Å². The molecule has 0 rings (SSSR count). The zero-order valence-corrected chi connectivity index (χ0v) is 6.61. The van der Waals surface area contributed by atoms with Crippen molar-refractivity contribution in [3.8, 4) is 0 Å². The second-order valence-electron chi connectivity index (χ2n) is 3.23. The van der Waals surface area contributed by atoms with Gasteiger partial charge in [-0.05, 0) is 11.8 Å². The maximum atomic E-state index is 4.94. The van der Waals surface area contributed by atoms with Gasteiger partial charge in [-0.3, -0.25) is 0 Å². The van der Waals surface area contributed by atoms with Gasteiger partial charge < -0.3 is 4.84 Å². The van der Waals surface area contributed by atoms with Crippen LogP contribution in [0.2, 0.25) is 0 Å². The minimum Gasteiger partial charge on any atom is -0.304 e. The predicted octanol–water partition coefficient (Wildman–Crippen LogP) is 1.70. The fraction of sp³-hybridized carbons (Fsp3) is 1.00. The average Bonchev–Trinajstić information content (AvgIpc) is 1.64. The van der Waals surface area contributed by atoms with Crippen molar-refractivity contribution in [3.05, 3.63) is 0 Å². The topological polar surface area (TPSA) is 35.2 Å². The third kappa shape index (κ3) is 4.43. The lowest BCUT2D eigenvalue weighted by molar-refractivity contribution is 0.0578. The molecule has 9 heavy (non-hydrogen) atoms. The first-order chi connectivity index (χ1) is 4.12. The highest BCUT2D eigenvalue weighted by Gasteiger charge is 2.15. The van der Waals surface area contributed by atoms with Gasteiger partial charge in [-0.25, -0.2) is 5.90 Å². The van der Waals surface area contributed by atoms with Crippen molar-refractivity contribution < 1.29 is 4.84 Å². The first-order valence-electron chi connectivity index (χ1n) is 3.44. The van der Waals surface area contributed by atoms with Crippen LogP contribution in [0.5, 0.6) is 0 Å². The highest BCUT2D eigenvalue weighted by Crippen LogP contribution is 2.21. The molecule has 0 radical (unpaired) electrons. The fourth-order valence-corrected chi connectivity index (χ4v) is 0.975. The summed E-state index contributed by atoms with van der Waals surface area (Å²) in [5.74, 6) is 4.94. The summed E-state index contributed by atoms with van der Waals surface area (Å²) in [6.45, 7) is 7.13. The molecule has 2 N–H and O–H groups in total. The lowest BCUT2D eigenvalue weighted by atomic mass is 9.89. The Hall–Kier alpha value is -0.0800. The smallest absolute Gasteiger partial charge is 0.0730 e. The molecule has 0 aliphatic heterocycles. The summed E-state index contributed by atoms with van der Waals surface area (Å²) in [6.07, 6.45) is 2.36. The average molecular weight is 131 g/mol. The van der Waals surface area contributed by atoms with Crippen molar-refractivity contribution in [1.29, 1.82) is 0 Å². The Morgan fingerprint density at radius 3 is 2.33 bits per heavy atom. The molecule has 0 aliphatic carbocycles. The van der Waals surface area contributed by atoms with Crippen molar-refractivity contribution >= 4 is 0 Å². The molecular weight excluding hydrogens is 114 g/mol. The third-order valence-corrected chi connectivity index (χ3v) is 1.40. The number of hydrogen-bond donors (Lipinski definition) is 1. The van der Waals surface area contributed by atoms with Crippen LogP contribution in [0, 0.1) is 5.41 Å². The van der Waals surface area contributed by atoms with E-state index in [1.54, 1.807) is 0 Å². The van der Waals surface area contributed by atoms with Crippen LogP contribution < -0.4 is 5.90 Å². The van der Waals surface area contributed by atoms with Gasteiger partial charge in [-0.15, -0.1) is 0 Å². The maximum Gasteiger partial charge on any atom is 0.0730 e. The van der Waals surface area contributed by atoms with E-state index in [0.717, 1.165) is 0 Å². The van der Waals surface area contributed by atoms with E-state index in [4.69, 9.17) is 5.90 Å². The van der Waals surface area contributed by atoms with Crippen molar-refractivity contribution in [2.75, 3.05) is 6.61 Å². The molecule has 2 heteroatoms. The van der Waals surface area contributed by atoms with E-state index in [9.17, 15) is 0 Å². The summed E-state index contributed by atoms with van der Waals surface area (Å²) in [6, 6.07) is 0. The summed E-state index contributed by atoms with van der Waals surface area (Å²) in [4.78, 5) is 4.56. The van der Waals surface area contributed by atoms with Gasteiger partial charge >= 0.3 is 0 Å². The number of nitrogens with two attached hydrogens (primary N) is 1. The first kappa shape index (κ1) is 8.92. The Kier molecular flexibility index (Phi) is 3.82. The van der Waals surface area contributed by atoms with Crippen molar-refractivity contribution in [2.45, 2.75) is 33.6 Å². The summed E-state index contributed by atoms with van der Waals surface area (Å²) in [7, 11) is 0. The van der Waals surface area contributed by atoms with Crippen LogP contribution in [0.25, 0.3) is 0 Å². The normalized spacial score (nSPS) is 12.0. The van der Waals surface area contributed by atoms with Crippen LogP contribution in [0.3, 0.4) is 0 Å². The van der Waals surface area contributed by atoms with Crippen molar-refractivity contribution in [2.24, 2.45) is 11.3 Å². The summed E-state index contributed by atoms with van der Waals surface area (Å²) < 4.78 is 0. The lowest BCUT2D eigenvalue weighted by Gasteiger charge is -2.21. The molecule has 0 bridgehead atoms. The first-order valence-corrected chi connectivity index (χ1v) is 3.44. The zero-order chi connectivity index (χ0) is 7.33. The van der Waals surface area contributed by atoms with Crippen LogP contribution in [-0.2, 0) is 4.84 Å². The van der Waals surface area contributed by atoms with Crippen LogP contribution >= 0.6 is 0 Å². The standard InChI is InChI=1S/C7H17NO/c1-4-5-7(2,3)6-9-8/h4-6,8H2,1-3H3. The van der Waals surface area contributed by atoms with Gasteiger partial charge in [-0.2, -0.15) is 0 Å². The van der Waals surface area contributed by atoms with Gasteiger partial charge in [0, 0.05) is 0 Å². The Balaban J connectivity index is 3.43. The summed E-state index contributed by atoms with van der Waals surface area (Å²) in [5.41, 5.74) is 0.253. The molecule has 0 heterocycles. The molecule has 2 nitrogen and oxygen atoms in total. The summed E-state index contributed by atoms with van der Waals surface area (Å²) in [5, 5.41) is 0. The van der Waals surface area contributed by atoms with Gasteiger partial charge in [0.25, 0.3) is 0 Å². The Bertz CT molecular complexity index is 63.3. The minimum atomic E-state index is 0.253. The molecule has 0 fully saturated rings. The molecule has 0 saturated carbocycles. The van der Waals surface area contributed by atoms with E-state index in [1.165, 1.54) is 12.8 Å². The molecule has 0 spiro atoms. The molecule has 0 aromatic rings. The van der Waals surface area contributed by atoms with E-state index in [2.05, 4.69) is 25.6 Å². The minimum absolute atomic E-state index is 0.253. The second-order valence-corrected chi connectivity index (χ2v) is 3.23. The van der Waals surface area contributed by atoms with Crippen LogP contribution in [0.1, 0.15) is 33.6 Å². The highest BCUT2D eigenvalue weighted by molar-refractivity contribution is 4.65. The molecule has 0 saturated heterocycles.